The molecule has 0 spiro atoms. The van der Waals surface area contributed by atoms with Crippen LogP contribution in [0.1, 0.15) is 63.3 Å². The van der Waals surface area contributed by atoms with Crippen LogP contribution < -0.4 is 5.73 Å². The summed E-state index contributed by atoms with van der Waals surface area (Å²) in [6, 6.07) is 0.162. The molecule has 3 atom stereocenters. The van der Waals surface area contributed by atoms with Crippen molar-refractivity contribution in [3.8, 4) is 0 Å². The smallest absolute Gasteiger partial charge is 0.231 e. The van der Waals surface area contributed by atoms with Crippen molar-refractivity contribution < 1.29 is 9.26 Å². The standard InChI is InChI=1S/C12H21N3O2/c1-3-10(16-4-2)11-14-12(17-15-11)8-6-5-7-9(8)13/h8-10H,3-7,13H2,1-2H3. The third-order valence-corrected chi connectivity index (χ3v) is 3.37. The molecule has 1 saturated carbocycles. The first kappa shape index (κ1) is 12.5. The fourth-order valence-electron chi connectivity index (χ4n) is 2.40. The number of nitrogens with two attached hydrogens (primary N) is 1. The molecule has 1 aromatic rings. The van der Waals surface area contributed by atoms with Crippen LogP contribution in [0.4, 0.5) is 0 Å². The van der Waals surface area contributed by atoms with Gasteiger partial charge in [-0.1, -0.05) is 18.5 Å². The number of ether oxygens (including phenoxy) is 1. The molecule has 3 unspecified atom stereocenters. The van der Waals surface area contributed by atoms with Crippen LogP contribution >= 0.6 is 0 Å². The first-order chi connectivity index (χ1) is 8.26. The Balaban J connectivity index is 2.09. The Morgan fingerprint density at radius 3 is 2.88 bits per heavy atom. The van der Waals surface area contributed by atoms with Gasteiger partial charge in [0.05, 0.1) is 5.92 Å². The van der Waals surface area contributed by atoms with Gasteiger partial charge in [0.2, 0.25) is 11.7 Å². The molecule has 1 heterocycles. The van der Waals surface area contributed by atoms with Gasteiger partial charge in [0.15, 0.2) is 0 Å². The highest BCUT2D eigenvalue weighted by molar-refractivity contribution is 5.03. The third-order valence-electron chi connectivity index (χ3n) is 3.37. The van der Waals surface area contributed by atoms with Gasteiger partial charge in [-0.3, -0.25) is 0 Å². The van der Waals surface area contributed by atoms with Crippen molar-refractivity contribution in [2.45, 2.75) is 57.6 Å². The van der Waals surface area contributed by atoms with Crippen LogP contribution in [0, 0.1) is 0 Å². The minimum absolute atomic E-state index is 0.0601. The molecule has 0 saturated heterocycles. The lowest BCUT2D eigenvalue weighted by molar-refractivity contribution is 0.0518. The van der Waals surface area contributed by atoms with E-state index in [9.17, 15) is 0 Å². The van der Waals surface area contributed by atoms with E-state index in [-0.39, 0.29) is 18.1 Å². The summed E-state index contributed by atoms with van der Waals surface area (Å²) in [6.45, 7) is 4.68. The Hall–Kier alpha value is -0.940. The fourth-order valence-corrected chi connectivity index (χ4v) is 2.40. The van der Waals surface area contributed by atoms with Crippen molar-refractivity contribution >= 4 is 0 Å². The molecule has 0 aromatic carbocycles. The van der Waals surface area contributed by atoms with Crippen LogP contribution in [0.25, 0.3) is 0 Å². The quantitative estimate of drug-likeness (QED) is 0.852. The molecule has 0 radical (unpaired) electrons. The van der Waals surface area contributed by atoms with E-state index in [2.05, 4.69) is 17.1 Å². The van der Waals surface area contributed by atoms with Gasteiger partial charge in [0, 0.05) is 12.6 Å². The lowest BCUT2D eigenvalue weighted by Crippen LogP contribution is -2.23. The van der Waals surface area contributed by atoms with Crippen LogP contribution in [-0.2, 0) is 4.74 Å². The number of aromatic nitrogens is 2. The van der Waals surface area contributed by atoms with Crippen LogP contribution in [0.2, 0.25) is 0 Å². The van der Waals surface area contributed by atoms with Crippen molar-refractivity contribution in [1.29, 1.82) is 0 Å². The predicted molar refractivity (Wildman–Crippen MR) is 63.5 cm³/mol. The molecule has 0 bridgehead atoms. The molecule has 0 amide bonds. The summed E-state index contributed by atoms with van der Waals surface area (Å²) in [5.41, 5.74) is 6.03. The molecule has 1 aliphatic rings. The zero-order valence-corrected chi connectivity index (χ0v) is 10.6. The van der Waals surface area contributed by atoms with Gasteiger partial charge < -0.3 is 15.0 Å². The summed E-state index contributed by atoms with van der Waals surface area (Å²) in [7, 11) is 0. The van der Waals surface area contributed by atoms with Crippen LogP contribution in [0.5, 0.6) is 0 Å². The second kappa shape index (κ2) is 5.60. The molecule has 5 heteroatoms. The summed E-state index contributed by atoms with van der Waals surface area (Å²) < 4.78 is 10.9. The molecule has 5 nitrogen and oxygen atoms in total. The molecule has 2 rings (SSSR count). The van der Waals surface area contributed by atoms with Crippen LogP contribution in [-0.4, -0.2) is 22.8 Å². The van der Waals surface area contributed by atoms with Gasteiger partial charge in [-0.25, -0.2) is 0 Å². The maximum Gasteiger partial charge on any atom is 0.231 e. The number of nitrogens with zero attached hydrogens (tertiary/aromatic N) is 2. The van der Waals surface area contributed by atoms with E-state index >= 15 is 0 Å². The summed E-state index contributed by atoms with van der Waals surface area (Å²) in [5, 5.41) is 4.02. The summed E-state index contributed by atoms with van der Waals surface area (Å²) in [4.78, 5) is 4.45. The Kier molecular flexibility index (Phi) is 4.12. The average molecular weight is 239 g/mol. The first-order valence-electron chi connectivity index (χ1n) is 6.46. The monoisotopic (exact) mass is 239 g/mol. The van der Waals surface area contributed by atoms with Gasteiger partial charge in [-0.2, -0.15) is 4.98 Å². The SMILES string of the molecule is CCOC(CC)c1noc(C2CCCC2N)n1. The Morgan fingerprint density at radius 1 is 1.47 bits per heavy atom. The molecular formula is C12H21N3O2. The zero-order valence-electron chi connectivity index (χ0n) is 10.6. The minimum Gasteiger partial charge on any atom is -0.370 e. The second-order valence-corrected chi connectivity index (χ2v) is 4.54. The van der Waals surface area contributed by atoms with Crippen molar-refractivity contribution in [1.82, 2.24) is 10.1 Å². The predicted octanol–water partition coefficient (Wildman–Crippen LogP) is 2.15. The van der Waals surface area contributed by atoms with Crippen LogP contribution in [0.3, 0.4) is 0 Å². The van der Waals surface area contributed by atoms with Crippen LogP contribution in [0.15, 0.2) is 4.52 Å². The largest absolute Gasteiger partial charge is 0.370 e. The highest BCUT2D eigenvalue weighted by Gasteiger charge is 2.31. The van der Waals surface area contributed by atoms with Crippen molar-refractivity contribution in [2.24, 2.45) is 5.73 Å². The molecule has 96 valence electrons. The lowest BCUT2D eigenvalue weighted by atomic mass is 10.1. The van der Waals surface area contributed by atoms with E-state index in [1.165, 1.54) is 0 Å². The second-order valence-electron chi connectivity index (χ2n) is 4.54. The fraction of sp³-hybridized carbons (Fsp3) is 0.833. The normalized spacial score (nSPS) is 26.3. The van der Waals surface area contributed by atoms with Gasteiger partial charge in [0.25, 0.3) is 0 Å². The van der Waals surface area contributed by atoms with E-state index < -0.39 is 0 Å². The van der Waals surface area contributed by atoms with Gasteiger partial charge in [-0.15, -0.1) is 0 Å². The van der Waals surface area contributed by atoms with Crippen molar-refractivity contribution in [3.63, 3.8) is 0 Å². The van der Waals surface area contributed by atoms with Gasteiger partial charge in [0.1, 0.15) is 6.10 Å². The Morgan fingerprint density at radius 2 is 2.29 bits per heavy atom. The van der Waals surface area contributed by atoms with E-state index in [0.717, 1.165) is 25.7 Å². The summed E-state index contributed by atoms with van der Waals surface area (Å²) in [5.74, 6) is 1.57. The number of hydrogen-bond donors (Lipinski definition) is 1. The maximum absolute atomic E-state index is 6.03. The van der Waals surface area contributed by atoms with Crippen molar-refractivity contribution in [2.75, 3.05) is 6.61 Å². The van der Waals surface area contributed by atoms with Crippen molar-refractivity contribution in [3.05, 3.63) is 11.7 Å². The number of hydrogen-bond acceptors (Lipinski definition) is 5. The summed E-state index contributed by atoms with van der Waals surface area (Å²) in [6.07, 6.45) is 4.03. The summed E-state index contributed by atoms with van der Waals surface area (Å²) >= 11 is 0. The van der Waals surface area contributed by atoms with E-state index in [1.54, 1.807) is 0 Å². The molecule has 1 fully saturated rings. The molecular weight excluding hydrogens is 218 g/mol. The topological polar surface area (TPSA) is 74.2 Å². The highest BCUT2D eigenvalue weighted by Crippen LogP contribution is 2.33. The highest BCUT2D eigenvalue weighted by atomic mass is 16.5. The molecule has 0 aliphatic heterocycles. The lowest BCUT2D eigenvalue weighted by Gasteiger charge is -2.10. The van der Waals surface area contributed by atoms with E-state index in [0.29, 0.717) is 18.3 Å². The third kappa shape index (κ3) is 2.66. The van der Waals surface area contributed by atoms with E-state index in [1.807, 2.05) is 6.92 Å². The Labute approximate surface area is 102 Å². The van der Waals surface area contributed by atoms with Gasteiger partial charge >= 0.3 is 0 Å². The molecule has 1 aromatic heterocycles. The number of rotatable bonds is 5. The molecule has 17 heavy (non-hydrogen) atoms. The van der Waals surface area contributed by atoms with E-state index in [4.69, 9.17) is 15.0 Å². The van der Waals surface area contributed by atoms with Gasteiger partial charge in [-0.05, 0) is 26.2 Å². The Bertz CT molecular complexity index is 353. The maximum atomic E-state index is 6.03. The average Bonchev–Trinajstić information content (AvgIpc) is 2.94. The minimum atomic E-state index is -0.0601. The zero-order chi connectivity index (χ0) is 12.3. The first-order valence-corrected chi connectivity index (χ1v) is 6.46. The molecule has 1 aliphatic carbocycles. The molecule has 2 N–H and O–H groups in total.